The van der Waals surface area contributed by atoms with Gasteiger partial charge in [0.1, 0.15) is 0 Å². The maximum atomic E-state index is 12.7. The zero-order valence-corrected chi connectivity index (χ0v) is 19.1. The lowest BCUT2D eigenvalue weighted by Gasteiger charge is -2.34. The summed E-state index contributed by atoms with van der Waals surface area (Å²) in [5.74, 6) is 2.40. The monoisotopic (exact) mass is 439 g/mol. The van der Waals surface area contributed by atoms with Crippen molar-refractivity contribution in [2.75, 3.05) is 31.9 Å². The van der Waals surface area contributed by atoms with E-state index in [1.54, 1.807) is 6.26 Å². The average molecular weight is 440 g/mol. The van der Waals surface area contributed by atoms with Crippen molar-refractivity contribution < 1.29 is 9.21 Å². The average Bonchev–Trinajstić information content (AvgIpc) is 3.43. The van der Waals surface area contributed by atoms with E-state index in [2.05, 4.69) is 53.2 Å². The van der Waals surface area contributed by atoms with Gasteiger partial charge in [0.05, 0.1) is 12.0 Å². The number of piperazine rings is 1. The van der Waals surface area contributed by atoms with Crippen LogP contribution in [0.2, 0.25) is 0 Å². The Morgan fingerprint density at radius 2 is 1.84 bits per heavy atom. The number of aromatic nitrogens is 3. The molecule has 7 nitrogen and oxygen atoms in total. The Bertz CT molecular complexity index is 990. The fourth-order valence-corrected chi connectivity index (χ4v) is 4.51. The third-order valence-corrected chi connectivity index (χ3v) is 6.68. The lowest BCUT2D eigenvalue weighted by Crippen LogP contribution is -2.48. The van der Waals surface area contributed by atoms with Crippen molar-refractivity contribution in [2.45, 2.75) is 31.5 Å². The fourth-order valence-electron chi connectivity index (χ4n) is 3.70. The highest BCUT2D eigenvalue weighted by atomic mass is 32.2. The Labute approximate surface area is 187 Å². The minimum absolute atomic E-state index is 0.147. The number of carbonyl (C=O) groups excluding carboxylic acids is 1. The summed E-state index contributed by atoms with van der Waals surface area (Å²) in [5, 5.41) is 9.09. The lowest BCUT2D eigenvalue weighted by molar-refractivity contribution is -0.130. The Morgan fingerprint density at radius 3 is 2.48 bits per heavy atom. The maximum Gasteiger partial charge on any atom is 0.233 e. The van der Waals surface area contributed by atoms with E-state index >= 15 is 0 Å². The van der Waals surface area contributed by atoms with Crippen LogP contribution in [0.15, 0.2) is 52.2 Å². The topological polar surface area (TPSA) is 67.4 Å². The van der Waals surface area contributed by atoms with E-state index in [1.807, 2.05) is 28.6 Å². The van der Waals surface area contributed by atoms with Gasteiger partial charge < -0.3 is 13.9 Å². The second-order valence-electron chi connectivity index (χ2n) is 8.18. The molecule has 0 bridgehead atoms. The number of furan rings is 1. The van der Waals surface area contributed by atoms with Crippen LogP contribution in [0, 0.1) is 0 Å². The van der Waals surface area contributed by atoms with Crippen LogP contribution in [-0.4, -0.2) is 62.4 Å². The summed E-state index contributed by atoms with van der Waals surface area (Å²) in [6.45, 7) is 8.69. The first-order valence-corrected chi connectivity index (χ1v) is 11.6. The summed E-state index contributed by atoms with van der Waals surface area (Å²) < 4.78 is 7.25. The minimum Gasteiger partial charge on any atom is -0.461 e. The van der Waals surface area contributed by atoms with Crippen molar-refractivity contribution in [1.29, 1.82) is 0 Å². The second kappa shape index (κ2) is 9.70. The van der Waals surface area contributed by atoms with Crippen LogP contribution < -0.4 is 0 Å². The number of carbonyl (C=O) groups is 1. The molecule has 8 heteroatoms. The molecule has 164 valence electrons. The highest BCUT2D eigenvalue weighted by Crippen LogP contribution is 2.23. The molecule has 0 spiro atoms. The van der Waals surface area contributed by atoms with Crippen molar-refractivity contribution in [3.8, 4) is 11.6 Å². The van der Waals surface area contributed by atoms with Crippen LogP contribution in [0.5, 0.6) is 0 Å². The van der Waals surface area contributed by atoms with Crippen molar-refractivity contribution in [3.63, 3.8) is 0 Å². The Hall–Kier alpha value is -2.58. The molecule has 2 aromatic heterocycles. The molecule has 0 saturated carbocycles. The van der Waals surface area contributed by atoms with Crippen molar-refractivity contribution >= 4 is 17.7 Å². The predicted molar refractivity (Wildman–Crippen MR) is 122 cm³/mol. The van der Waals surface area contributed by atoms with Crippen LogP contribution in [0.25, 0.3) is 11.6 Å². The van der Waals surface area contributed by atoms with E-state index in [4.69, 9.17) is 4.42 Å². The molecule has 3 heterocycles. The van der Waals surface area contributed by atoms with E-state index in [0.29, 0.717) is 28.4 Å². The standard InChI is InChI=1S/C23H29N5O2S/c1-17(2)19-8-6-18(7-9-19)15-27-10-12-28(13-11-27)21(29)16-31-23-25-24-22(26(23)3)20-5-4-14-30-20/h4-9,14,17H,10-13,15-16H2,1-3H3. The molecule has 1 aliphatic rings. The number of rotatable bonds is 7. The highest BCUT2D eigenvalue weighted by Gasteiger charge is 2.22. The summed E-state index contributed by atoms with van der Waals surface area (Å²) in [6.07, 6.45) is 1.61. The van der Waals surface area contributed by atoms with Crippen molar-refractivity contribution in [2.24, 2.45) is 7.05 Å². The van der Waals surface area contributed by atoms with Crippen LogP contribution >= 0.6 is 11.8 Å². The van der Waals surface area contributed by atoms with E-state index in [1.165, 1.54) is 22.9 Å². The second-order valence-corrected chi connectivity index (χ2v) is 9.13. The smallest absolute Gasteiger partial charge is 0.233 e. The van der Waals surface area contributed by atoms with Gasteiger partial charge in [-0.2, -0.15) is 0 Å². The molecule has 1 aromatic carbocycles. The molecule has 3 aromatic rings. The first-order valence-electron chi connectivity index (χ1n) is 10.7. The molecular weight excluding hydrogens is 410 g/mol. The third kappa shape index (κ3) is 5.19. The first-order chi connectivity index (χ1) is 15.0. The Kier molecular flexibility index (Phi) is 6.77. The van der Waals surface area contributed by atoms with Crippen LogP contribution in [0.4, 0.5) is 0 Å². The van der Waals surface area contributed by atoms with E-state index < -0.39 is 0 Å². The molecule has 0 atom stereocenters. The molecule has 0 radical (unpaired) electrons. The van der Waals surface area contributed by atoms with E-state index in [9.17, 15) is 4.79 Å². The third-order valence-electron chi connectivity index (χ3n) is 5.68. The number of nitrogens with zero attached hydrogens (tertiary/aromatic N) is 5. The summed E-state index contributed by atoms with van der Waals surface area (Å²) in [6, 6.07) is 12.6. The Morgan fingerprint density at radius 1 is 1.10 bits per heavy atom. The van der Waals surface area contributed by atoms with Crippen LogP contribution in [0.1, 0.15) is 30.9 Å². The van der Waals surface area contributed by atoms with Gasteiger partial charge >= 0.3 is 0 Å². The van der Waals surface area contributed by atoms with E-state index in [0.717, 1.165) is 32.7 Å². The minimum atomic E-state index is 0.147. The van der Waals surface area contributed by atoms with Crippen molar-refractivity contribution in [1.82, 2.24) is 24.6 Å². The van der Waals surface area contributed by atoms with Gasteiger partial charge in [-0.1, -0.05) is 49.9 Å². The molecule has 1 aliphatic heterocycles. The largest absolute Gasteiger partial charge is 0.461 e. The van der Waals surface area contributed by atoms with Gasteiger partial charge in [0.2, 0.25) is 5.91 Å². The van der Waals surface area contributed by atoms with Gasteiger partial charge in [0.15, 0.2) is 16.7 Å². The van der Waals surface area contributed by atoms with Gasteiger partial charge in [-0.3, -0.25) is 9.69 Å². The Balaban J connectivity index is 1.24. The molecule has 0 unspecified atom stereocenters. The van der Waals surface area contributed by atoms with Gasteiger partial charge in [0.25, 0.3) is 0 Å². The number of amides is 1. The van der Waals surface area contributed by atoms with Crippen LogP contribution in [-0.2, 0) is 18.4 Å². The molecule has 31 heavy (non-hydrogen) atoms. The highest BCUT2D eigenvalue weighted by molar-refractivity contribution is 7.99. The zero-order valence-electron chi connectivity index (χ0n) is 18.3. The maximum absolute atomic E-state index is 12.7. The molecule has 0 N–H and O–H groups in total. The molecule has 1 amide bonds. The summed E-state index contributed by atoms with van der Waals surface area (Å²) >= 11 is 1.42. The van der Waals surface area contributed by atoms with Gasteiger partial charge in [-0.05, 0) is 29.2 Å². The number of thioether (sulfide) groups is 1. The van der Waals surface area contributed by atoms with Gasteiger partial charge in [-0.15, -0.1) is 10.2 Å². The molecule has 1 fully saturated rings. The van der Waals surface area contributed by atoms with Crippen LogP contribution in [0.3, 0.4) is 0 Å². The number of benzene rings is 1. The SMILES string of the molecule is CC(C)c1ccc(CN2CCN(C(=O)CSc3nnc(-c4ccco4)n3C)CC2)cc1. The van der Waals surface area contributed by atoms with Gasteiger partial charge in [-0.25, -0.2) is 0 Å². The lowest BCUT2D eigenvalue weighted by atomic mass is 10.0. The quantitative estimate of drug-likeness (QED) is 0.524. The zero-order chi connectivity index (χ0) is 21.8. The molecule has 4 rings (SSSR count). The van der Waals surface area contributed by atoms with Crippen molar-refractivity contribution in [3.05, 3.63) is 53.8 Å². The predicted octanol–water partition coefficient (Wildman–Crippen LogP) is 3.64. The fraction of sp³-hybridized carbons (Fsp3) is 0.435. The number of hydrogen-bond acceptors (Lipinski definition) is 6. The molecular formula is C23H29N5O2S. The normalized spacial score (nSPS) is 15.0. The first kappa shape index (κ1) is 21.6. The van der Waals surface area contributed by atoms with E-state index in [-0.39, 0.29) is 5.91 Å². The number of hydrogen-bond donors (Lipinski definition) is 0. The summed E-state index contributed by atoms with van der Waals surface area (Å²) in [7, 11) is 1.89. The molecule has 0 aliphatic carbocycles. The molecule has 1 saturated heterocycles. The van der Waals surface area contributed by atoms with Gasteiger partial charge in [0, 0.05) is 39.8 Å². The summed E-state index contributed by atoms with van der Waals surface area (Å²) in [5.41, 5.74) is 2.70. The summed E-state index contributed by atoms with van der Waals surface area (Å²) in [4.78, 5) is 17.1.